The molecule has 3 rings (SSSR count). The second-order valence-electron chi connectivity index (χ2n) is 6.84. The number of methoxy groups -OCH3 is 1. The lowest BCUT2D eigenvalue weighted by molar-refractivity contribution is 0.0954. The molecule has 166 valence electrons. The van der Waals surface area contributed by atoms with Crippen molar-refractivity contribution in [2.45, 2.75) is 20.1 Å². The largest absolute Gasteiger partial charge is 0.441 e. The van der Waals surface area contributed by atoms with Gasteiger partial charge in [-0.25, -0.2) is 4.98 Å². The molecule has 3 aromatic rings. The summed E-state index contributed by atoms with van der Waals surface area (Å²) >= 11 is 1.37. The highest BCUT2D eigenvalue weighted by Crippen LogP contribution is 2.29. The Morgan fingerprint density at radius 3 is 2.68 bits per heavy atom. The lowest BCUT2D eigenvalue weighted by atomic mass is 10.2. The second kappa shape index (κ2) is 9.60. The molecule has 0 radical (unpaired) electrons. The van der Waals surface area contributed by atoms with Crippen molar-refractivity contribution in [1.29, 1.82) is 0 Å². The maximum absolute atomic E-state index is 12.4. The van der Waals surface area contributed by atoms with Crippen LogP contribution in [0, 0.1) is 6.92 Å². The maximum Gasteiger partial charge on any atom is 0.301 e. The van der Waals surface area contributed by atoms with E-state index >= 15 is 0 Å². The van der Waals surface area contributed by atoms with Crippen LogP contribution in [0.25, 0.3) is 11.5 Å². The summed E-state index contributed by atoms with van der Waals surface area (Å²) in [5, 5.41) is 2.83. The van der Waals surface area contributed by atoms with Gasteiger partial charge < -0.3 is 14.5 Å². The number of aromatic nitrogens is 1. The van der Waals surface area contributed by atoms with E-state index in [0.29, 0.717) is 34.2 Å². The average Bonchev–Trinajstić information content (AvgIpc) is 3.33. The molecule has 0 bridgehead atoms. The van der Waals surface area contributed by atoms with Gasteiger partial charge in [-0.05, 0) is 31.2 Å². The Morgan fingerprint density at radius 1 is 1.23 bits per heavy atom. The first-order chi connectivity index (χ1) is 14.7. The van der Waals surface area contributed by atoms with Crippen molar-refractivity contribution >= 4 is 33.1 Å². The van der Waals surface area contributed by atoms with E-state index in [9.17, 15) is 13.2 Å². The molecule has 0 unspecified atom stereocenters. The molecule has 1 amide bonds. The van der Waals surface area contributed by atoms with Gasteiger partial charge in [0, 0.05) is 26.1 Å². The molecule has 9 nitrogen and oxygen atoms in total. The smallest absolute Gasteiger partial charge is 0.301 e. The Balaban J connectivity index is 1.76. The van der Waals surface area contributed by atoms with Crippen LogP contribution in [0.2, 0.25) is 0 Å². The molecule has 0 saturated carbocycles. The third-order valence-corrected chi connectivity index (χ3v) is 6.86. The molecule has 1 aromatic carbocycles. The number of carbonyl (C=O) groups is 1. The standard InChI is InChI=1S/C20H24N4O5S2/c1-13-17(11-21-19(25)18-10-9-14(30-18)12-28-4)22-20(29-13)15-7-5-6-8-16(15)23-31(26,27)24(2)3/h5-10,23H,11-12H2,1-4H3,(H,21,25). The van der Waals surface area contributed by atoms with Gasteiger partial charge in [-0.1, -0.05) is 12.1 Å². The zero-order chi connectivity index (χ0) is 22.6. The molecule has 0 aliphatic rings. The zero-order valence-electron chi connectivity index (χ0n) is 17.6. The number of hydrogen-bond donors (Lipinski definition) is 2. The Hall–Kier alpha value is -2.73. The number of rotatable bonds is 9. The molecular formula is C20H24N4O5S2. The first-order valence-corrected chi connectivity index (χ1v) is 11.6. The predicted molar refractivity (Wildman–Crippen MR) is 119 cm³/mol. The van der Waals surface area contributed by atoms with Crippen LogP contribution in [0.15, 0.2) is 40.8 Å². The number of aryl methyl sites for hydroxylation is 1. The number of amides is 1. The fourth-order valence-corrected chi connectivity index (χ4v) is 4.20. The molecular weight excluding hydrogens is 440 g/mol. The molecule has 11 heteroatoms. The summed E-state index contributed by atoms with van der Waals surface area (Å²) < 4.78 is 38.9. The van der Waals surface area contributed by atoms with Crippen LogP contribution in [0.1, 0.15) is 26.0 Å². The maximum atomic E-state index is 12.4. The molecule has 0 spiro atoms. The molecule has 31 heavy (non-hydrogen) atoms. The fourth-order valence-electron chi connectivity index (χ4n) is 2.67. The number of benzene rings is 1. The SMILES string of the molecule is COCc1ccc(C(=O)NCc2nc(-c3ccccc3NS(=O)(=O)N(C)C)oc2C)s1. The quantitative estimate of drug-likeness (QED) is 0.503. The minimum Gasteiger partial charge on any atom is -0.441 e. The number of carbonyl (C=O) groups excluding carboxylic acids is 1. The van der Waals surface area contributed by atoms with Gasteiger partial charge >= 0.3 is 10.2 Å². The van der Waals surface area contributed by atoms with Crippen molar-refractivity contribution in [3.8, 4) is 11.5 Å². The monoisotopic (exact) mass is 464 g/mol. The fraction of sp³-hybridized carbons (Fsp3) is 0.300. The van der Waals surface area contributed by atoms with E-state index in [2.05, 4.69) is 15.0 Å². The van der Waals surface area contributed by atoms with Crippen LogP contribution in [-0.2, 0) is 28.1 Å². The van der Waals surface area contributed by atoms with Crippen molar-refractivity contribution < 1.29 is 22.4 Å². The van der Waals surface area contributed by atoms with Gasteiger partial charge in [0.05, 0.1) is 29.3 Å². The lowest BCUT2D eigenvalue weighted by Crippen LogP contribution is -2.29. The van der Waals surface area contributed by atoms with Gasteiger partial charge in [-0.2, -0.15) is 12.7 Å². The first-order valence-electron chi connectivity index (χ1n) is 9.33. The van der Waals surface area contributed by atoms with Crippen LogP contribution < -0.4 is 10.0 Å². The number of nitrogens with one attached hydrogen (secondary N) is 2. The zero-order valence-corrected chi connectivity index (χ0v) is 19.3. The number of nitrogens with zero attached hydrogens (tertiary/aromatic N) is 2. The second-order valence-corrected chi connectivity index (χ2v) is 9.89. The number of oxazole rings is 1. The third-order valence-electron chi connectivity index (χ3n) is 4.36. The van der Waals surface area contributed by atoms with Gasteiger partial charge in [-0.3, -0.25) is 9.52 Å². The van der Waals surface area contributed by atoms with E-state index < -0.39 is 10.2 Å². The summed E-state index contributed by atoms with van der Waals surface area (Å²) in [6.45, 7) is 2.38. The first kappa shape index (κ1) is 22.9. The molecule has 2 heterocycles. The highest BCUT2D eigenvalue weighted by atomic mass is 32.2. The van der Waals surface area contributed by atoms with Gasteiger partial charge in [0.15, 0.2) is 0 Å². The van der Waals surface area contributed by atoms with Crippen molar-refractivity contribution in [1.82, 2.24) is 14.6 Å². The van der Waals surface area contributed by atoms with Gasteiger partial charge in [0.2, 0.25) is 5.89 Å². The minimum atomic E-state index is -3.69. The molecule has 2 aromatic heterocycles. The Bertz CT molecular complexity index is 1170. The number of thiophene rings is 1. The number of anilines is 1. The van der Waals surface area contributed by atoms with Crippen LogP contribution in [0.5, 0.6) is 0 Å². The number of ether oxygens (including phenoxy) is 1. The van der Waals surface area contributed by atoms with Crippen LogP contribution in [0.4, 0.5) is 5.69 Å². The van der Waals surface area contributed by atoms with E-state index in [0.717, 1.165) is 9.18 Å². The van der Waals surface area contributed by atoms with Crippen molar-refractivity contribution in [3.63, 3.8) is 0 Å². The van der Waals surface area contributed by atoms with E-state index in [1.807, 2.05) is 6.07 Å². The van der Waals surface area contributed by atoms with Crippen LogP contribution in [0.3, 0.4) is 0 Å². The number of hydrogen-bond acceptors (Lipinski definition) is 7. The molecule has 2 N–H and O–H groups in total. The summed E-state index contributed by atoms with van der Waals surface area (Å²) in [6, 6.07) is 10.4. The molecule has 0 fully saturated rings. The molecule has 0 aliphatic heterocycles. The van der Waals surface area contributed by atoms with E-state index in [1.165, 1.54) is 25.4 Å². The predicted octanol–water partition coefficient (Wildman–Crippen LogP) is 3.01. The normalized spacial score (nSPS) is 11.6. The summed E-state index contributed by atoms with van der Waals surface area (Å²) in [6.07, 6.45) is 0. The summed E-state index contributed by atoms with van der Waals surface area (Å²) in [5.74, 6) is 0.583. The van der Waals surface area contributed by atoms with Crippen LogP contribution in [-0.4, -0.2) is 44.8 Å². The number of para-hydroxylation sites is 1. The minimum absolute atomic E-state index is 0.178. The highest BCUT2D eigenvalue weighted by molar-refractivity contribution is 7.90. The third kappa shape index (κ3) is 5.50. The van der Waals surface area contributed by atoms with E-state index in [-0.39, 0.29) is 18.3 Å². The van der Waals surface area contributed by atoms with E-state index in [1.54, 1.807) is 44.4 Å². The Morgan fingerprint density at radius 2 is 1.97 bits per heavy atom. The van der Waals surface area contributed by atoms with Crippen LogP contribution >= 0.6 is 11.3 Å². The van der Waals surface area contributed by atoms with Gasteiger partial charge in [0.1, 0.15) is 11.5 Å². The topological polar surface area (TPSA) is 114 Å². The van der Waals surface area contributed by atoms with Crippen molar-refractivity contribution in [2.75, 3.05) is 25.9 Å². The summed E-state index contributed by atoms with van der Waals surface area (Å²) in [4.78, 5) is 18.4. The highest BCUT2D eigenvalue weighted by Gasteiger charge is 2.20. The summed E-state index contributed by atoms with van der Waals surface area (Å²) in [5.41, 5.74) is 1.40. The van der Waals surface area contributed by atoms with E-state index in [4.69, 9.17) is 9.15 Å². The Kier molecular flexibility index (Phi) is 7.11. The summed E-state index contributed by atoms with van der Waals surface area (Å²) in [7, 11) is 0.790. The van der Waals surface area contributed by atoms with Gasteiger partial charge in [0.25, 0.3) is 5.91 Å². The molecule has 0 atom stereocenters. The molecule has 0 saturated heterocycles. The average molecular weight is 465 g/mol. The van der Waals surface area contributed by atoms with Crippen molar-refractivity contribution in [3.05, 3.63) is 57.6 Å². The van der Waals surface area contributed by atoms with Gasteiger partial charge in [-0.15, -0.1) is 11.3 Å². The lowest BCUT2D eigenvalue weighted by Gasteiger charge is -2.15. The Labute approximate surface area is 185 Å². The molecule has 0 aliphatic carbocycles. The van der Waals surface area contributed by atoms with Crippen molar-refractivity contribution in [2.24, 2.45) is 0 Å².